The second-order valence-corrected chi connectivity index (χ2v) is 8.55. The number of nitrogens with one attached hydrogen (secondary N) is 1. The Bertz CT molecular complexity index is 1020. The number of imidazole rings is 1. The molecule has 7 heteroatoms. The summed E-state index contributed by atoms with van der Waals surface area (Å²) in [7, 11) is 2.11. The minimum Gasteiger partial charge on any atom is -0.353 e. The van der Waals surface area contributed by atoms with Gasteiger partial charge in [0.25, 0.3) is 0 Å². The van der Waals surface area contributed by atoms with Crippen molar-refractivity contribution < 1.29 is 4.79 Å². The number of nitrogens with zero attached hydrogens (tertiary/aromatic N) is 3. The third-order valence-electron chi connectivity index (χ3n) is 5.40. The summed E-state index contributed by atoms with van der Waals surface area (Å²) in [6.07, 6.45) is 4.08. The van der Waals surface area contributed by atoms with E-state index < -0.39 is 0 Å². The fourth-order valence-corrected chi connectivity index (χ4v) is 4.09. The summed E-state index contributed by atoms with van der Waals surface area (Å²) in [5.41, 5.74) is 2.42. The molecule has 1 aromatic heterocycles. The lowest BCUT2D eigenvalue weighted by molar-refractivity contribution is -0.121. The fourth-order valence-electron chi connectivity index (χ4n) is 3.74. The van der Waals surface area contributed by atoms with Gasteiger partial charge in [0.15, 0.2) is 0 Å². The maximum Gasteiger partial charge on any atom is 0.226 e. The summed E-state index contributed by atoms with van der Waals surface area (Å²) >= 11 is 12.5. The summed E-state index contributed by atoms with van der Waals surface area (Å²) in [6.45, 7) is 2.01. The van der Waals surface area contributed by atoms with Crippen molar-refractivity contribution in [1.29, 1.82) is 0 Å². The SMILES string of the molecule is CN1CCC(NC(=O)Cc2cn(-c3ccc(Cl)cc3)c(-c3ccccc3Cl)n2)CC1. The molecule has 0 spiro atoms. The maximum atomic E-state index is 12.6. The van der Waals surface area contributed by atoms with Crippen LogP contribution in [-0.2, 0) is 11.2 Å². The Morgan fingerprint density at radius 2 is 1.80 bits per heavy atom. The smallest absolute Gasteiger partial charge is 0.226 e. The van der Waals surface area contributed by atoms with Crippen molar-refractivity contribution in [1.82, 2.24) is 19.8 Å². The first-order valence-electron chi connectivity index (χ1n) is 10.1. The van der Waals surface area contributed by atoms with Gasteiger partial charge in [-0.15, -0.1) is 0 Å². The molecule has 5 nitrogen and oxygen atoms in total. The fraction of sp³-hybridized carbons (Fsp3) is 0.304. The Labute approximate surface area is 186 Å². The van der Waals surface area contributed by atoms with Crippen LogP contribution in [0.3, 0.4) is 0 Å². The molecule has 4 rings (SSSR count). The molecule has 1 aliphatic rings. The lowest BCUT2D eigenvalue weighted by Gasteiger charge is -2.29. The van der Waals surface area contributed by atoms with Gasteiger partial charge in [0, 0.05) is 28.5 Å². The van der Waals surface area contributed by atoms with Crippen LogP contribution in [0.15, 0.2) is 54.7 Å². The Kier molecular flexibility index (Phi) is 6.42. The van der Waals surface area contributed by atoms with Crippen LogP contribution in [0.4, 0.5) is 0 Å². The molecule has 2 aromatic carbocycles. The molecule has 3 aromatic rings. The monoisotopic (exact) mass is 442 g/mol. The lowest BCUT2D eigenvalue weighted by Crippen LogP contribution is -2.43. The van der Waals surface area contributed by atoms with Gasteiger partial charge in [0.1, 0.15) is 5.82 Å². The molecule has 0 aliphatic carbocycles. The molecule has 156 valence electrons. The molecular formula is C23H24Cl2N4O. The summed E-state index contributed by atoms with van der Waals surface area (Å²) in [4.78, 5) is 19.7. The standard InChI is InChI=1S/C23H24Cl2N4O/c1-28-12-10-17(11-13-28)26-22(30)14-18-15-29(19-8-6-16(24)7-9-19)23(27-18)20-4-2-3-5-21(20)25/h2-9,15,17H,10-14H2,1H3,(H,26,30). The van der Waals surface area contributed by atoms with Crippen molar-refractivity contribution in [2.75, 3.05) is 20.1 Å². The van der Waals surface area contributed by atoms with Crippen LogP contribution < -0.4 is 5.32 Å². The van der Waals surface area contributed by atoms with E-state index in [-0.39, 0.29) is 18.4 Å². The third kappa shape index (κ3) is 4.86. The van der Waals surface area contributed by atoms with E-state index in [2.05, 4.69) is 17.3 Å². The normalized spacial score (nSPS) is 15.3. The molecule has 0 saturated carbocycles. The van der Waals surface area contributed by atoms with E-state index in [1.54, 1.807) is 0 Å². The number of rotatable bonds is 5. The molecule has 0 bridgehead atoms. The number of aromatic nitrogens is 2. The first-order chi connectivity index (χ1) is 14.5. The summed E-state index contributed by atoms with van der Waals surface area (Å²) in [6, 6.07) is 15.3. The van der Waals surface area contributed by atoms with Gasteiger partial charge >= 0.3 is 0 Å². The molecule has 1 amide bonds. The highest BCUT2D eigenvalue weighted by Crippen LogP contribution is 2.29. The van der Waals surface area contributed by atoms with E-state index in [9.17, 15) is 4.79 Å². The Hall–Kier alpha value is -2.34. The molecule has 1 N–H and O–H groups in total. The van der Waals surface area contributed by atoms with Crippen LogP contribution >= 0.6 is 23.2 Å². The van der Waals surface area contributed by atoms with Gasteiger partial charge in [0.05, 0.1) is 17.1 Å². The van der Waals surface area contributed by atoms with Crippen molar-refractivity contribution in [3.05, 3.63) is 70.5 Å². The minimum atomic E-state index is -0.00369. The number of amides is 1. The van der Waals surface area contributed by atoms with Crippen LogP contribution in [0.5, 0.6) is 0 Å². The maximum absolute atomic E-state index is 12.6. The molecule has 1 fully saturated rings. The Morgan fingerprint density at radius 3 is 2.50 bits per heavy atom. The number of carbonyl (C=O) groups is 1. The van der Waals surface area contributed by atoms with Crippen molar-refractivity contribution in [3.63, 3.8) is 0 Å². The number of benzene rings is 2. The Balaban J connectivity index is 1.59. The highest BCUT2D eigenvalue weighted by molar-refractivity contribution is 6.33. The van der Waals surface area contributed by atoms with E-state index >= 15 is 0 Å². The van der Waals surface area contributed by atoms with Crippen LogP contribution in [-0.4, -0.2) is 46.5 Å². The first-order valence-corrected chi connectivity index (χ1v) is 10.8. The third-order valence-corrected chi connectivity index (χ3v) is 5.98. The predicted octanol–water partition coefficient (Wildman–Crippen LogP) is 4.60. The van der Waals surface area contributed by atoms with Crippen molar-refractivity contribution in [2.24, 2.45) is 0 Å². The van der Waals surface area contributed by atoms with Gasteiger partial charge in [-0.3, -0.25) is 9.36 Å². The van der Waals surface area contributed by atoms with E-state index in [0.717, 1.165) is 37.2 Å². The molecule has 1 aliphatic heterocycles. The number of piperidine rings is 1. The van der Waals surface area contributed by atoms with Gasteiger partial charge in [-0.2, -0.15) is 0 Å². The van der Waals surface area contributed by atoms with E-state index in [4.69, 9.17) is 28.2 Å². The van der Waals surface area contributed by atoms with E-state index in [1.165, 1.54) is 0 Å². The number of likely N-dealkylation sites (tertiary alicyclic amines) is 1. The Morgan fingerprint density at radius 1 is 1.10 bits per heavy atom. The first kappa shape index (κ1) is 20.9. The average Bonchev–Trinajstić information content (AvgIpc) is 3.14. The largest absolute Gasteiger partial charge is 0.353 e. The van der Waals surface area contributed by atoms with Crippen LogP contribution in [0.2, 0.25) is 10.0 Å². The number of carbonyl (C=O) groups excluding carboxylic acids is 1. The zero-order valence-corrected chi connectivity index (χ0v) is 18.3. The topological polar surface area (TPSA) is 50.2 Å². The summed E-state index contributed by atoms with van der Waals surface area (Å²) in [5.74, 6) is 0.695. The van der Waals surface area contributed by atoms with Crippen molar-refractivity contribution >= 4 is 29.1 Å². The molecule has 0 atom stereocenters. The second-order valence-electron chi connectivity index (χ2n) is 7.70. The minimum absolute atomic E-state index is 0.00369. The van der Waals surface area contributed by atoms with Crippen molar-refractivity contribution in [2.45, 2.75) is 25.3 Å². The highest BCUT2D eigenvalue weighted by atomic mass is 35.5. The molecule has 1 saturated heterocycles. The number of hydrogen-bond acceptors (Lipinski definition) is 3. The molecule has 2 heterocycles. The van der Waals surface area contributed by atoms with Gasteiger partial charge < -0.3 is 10.2 Å². The van der Waals surface area contributed by atoms with Crippen molar-refractivity contribution in [3.8, 4) is 17.1 Å². The van der Waals surface area contributed by atoms with Crippen LogP contribution in [0, 0.1) is 0 Å². The molecule has 0 unspecified atom stereocenters. The summed E-state index contributed by atoms with van der Waals surface area (Å²) < 4.78 is 1.95. The lowest BCUT2D eigenvalue weighted by atomic mass is 10.1. The molecule has 30 heavy (non-hydrogen) atoms. The van der Waals surface area contributed by atoms with E-state index in [0.29, 0.717) is 21.6 Å². The predicted molar refractivity (Wildman–Crippen MR) is 121 cm³/mol. The van der Waals surface area contributed by atoms with Gasteiger partial charge in [-0.05, 0) is 69.4 Å². The van der Waals surface area contributed by atoms with Gasteiger partial charge in [-0.25, -0.2) is 4.98 Å². The number of halogens is 2. The zero-order valence-electron chi connectivity index (χ0n) is 16.8. The highest BCUT2D eigenvalue weighted by Gasteiger charge is 2.20. The zero-order chi connectivity index (χ0) is 21.1. The quantitative estimate of drug-likeness (QED) is 0.627. The van der Waals surface area contributed by atoms with Gasteiger partial charge in [0.2, 0.25) is 5.91 Å². The summed E-state index contributed by atoms with van der Waals surface area (Å²) in [5, 5.41) is 4.43. The van der Waals surface area contributed by atoms with Crippen LogP contribution in [0.1, 0.15) is 18.5 Å². The molecule has 0 radical (unpaired) electrons. The second kappa shape index (κ2) is 9.21. The van der Waals surface area contributed by atoms with Crippen LogP contribution in [0.25, 0.3) is 17.1 Å². The average molecular weight is 443 g/mol. The molecular weight excluding hydrogens is 419 g/mol. The number of hydrogen-bond donors (Lipinski definition) is 1. The van der Waals surface area contributed by atoms with E-state index in [1.807, 2.05) is 59.3 Å². The van der Waals surface area contributed by atoms with Gasteiger partial charge in [-0.1, -0.05) is 35.3 Å².